The van der Waals surface area contributed by atoms with Crippen molar-refractivity contribution in [2.24, 2.45) is 41.4 Å². The van der Waals surface area contributed by atoms with E-state index >= 15 is 0 Å². The van der Waals surface area contributed by atoms with Gasteiger partial charge < -0.3 is 28.9 Å². The lowest BCUT2D eigenvalue weighted by Gasteiger charge is -2.39. The Bertz CT molecular complexity index is 1860. The van der Waals surface area contributed by atoms with Crippen molar-refractivity contribution in [3.63, 3.8) is 0 Å². The molecule has 1 aromatic carbocycles. The molecular weight excluding hydrogens is 887 g/mol. The van der Waals surface area contributed by atoms with Crippen LogP contribution in [0.15, 0.2) is 53.1 Å². The SMILES string of the molecule is CC#CCN(C(=O)C(C)C)C(C)C.CC(C)C(=O)N(Cc1ccccc1)C(C)C.CC(C)C(=O)N(Cc1ccco1)C(C)C.CC(C)C(=O)N1CCCC1C(C)C.CC(C)C(=O)N1CCCCC1C(C)C. The predicted octanol–water partition coefficient (Wildman–Crippen LogP) is 12.6. The van der Waals surface area contributed by atoms with Gasteiger partial charge in [0.05, 0.1) is 19.4 Å². The number of benzene rings is 1. The molecular formula is C60H103N5O6. The number of amides is 5. The smallest absolute Gasteiger partial charge is 0.226 e. The number of carbonyl (C=O) groups excluding carboxylic acids is 5. The number of nitrogens with zero attached hydrogens (tertiary/aromatic N) is 5. The highest BCUT2D eigenvalue weighted by atomic mass is 16.3. The maximum absolute atomic E-state index is 12.0. The van der Waals surface area contributed by atoms with Crippen LogP contribution in [0.3, 0.4) is 0 Å². The maximum Gasteiger partial charge on any atom is 0.226 e. The highest BCUT2D eigenvalue weighted by Gasteiger charge is 2.32. The molecule has 11 nitrogen and oxygen atoms in total. The molecule has 4 rings (SSSR count). The van der Waals surface area contributed by atoms with Crippen LogP contribution in [0.2, 0.25) is 0 Å². The molecule has 2 aliphatic rings. The molecule has 2 unspecified atom stereocenters. The van der Waals surface area contributed by atoms with Crippen molar-refractivity contribution >= 4 is 29.5 Å². The molecule has 0 N–H and O–H groups in total. The van der Waals surface area contributed by atoms with Crippen LogP contribution >= 0.6 is 0 Å². The zero-order valence-electron chi connectivity index (χ0n) is 48.8. The Kier molecular flexibility index (Phi) is 32.5. The summed E-state index contributed by atoms with van der Waals surface area (Å²) >= 11 is 0. The Morgan fingerprint density at radius 2 is 0.930 bits per heavy atom. The number of rotatable bonds is 15. The second-order valence-corrected chi connectivity index (χ2v) is 22.3. The number of furan rings is 1. The number of carbonyl (C=O) groups is 5. The molecule has 2 atom stereocenters. The minimum atomic E-state index is 0.0300. The second-order valence-electron chi connectivity index (χ2n) is 22.3. The number of piperidine rings is 1. The van der Waals surface area contributed by atoms with Crippen LogP contribution in [-0.2, 0) is 37.1 Å². The van der Waals surface area contributed by atoms with Crippen molar-refractivity contribution < 1.29 is 28.4 Å². The van der Waals surface area contributed by atoms with Gasteiger partial charge in [-0.05, 0) is 110 Å². The average molecular weight is 991 g/mol. The summed E-state index contributed by atoms with van der Waals surface area (Å²) in [7, 11) is 0. The van der Waals surface area contributed by atoms with Crippen molar-refractivity contribution in [2.45, 2.75) is 221 Å². The first-order valence-electron chi connectivity index (χ1n) is 27.1. The quantitative estimate of drug-likeness (QED) is 0.164. The van der Waals surface area contributed by atoms with E-state index in [1.165, 1.54) is 37.7 Å². The predicted molar refractivity (Wildman–Crippen MR) is 295 cm³/mol. The van der Waals surface area contributed by atoms with E-state index in [9.17, 15) is 24.0 Å². The minimum absolute atomic E-state index is 0.0300. The van der Waals surface area contributed by atoms with Gasteiger partial charge in [0.1, 0.15) is 5.76 Å². The van der Waals surface area contributed by atoms with Gasteiger partial charge in [-0.2, -0.15) is 0 Å². The van der Waals surface area contributed by atoms with Gasteiger partial charge in [0.2, 0.25) is 29.5 Å². The van der Waals surface area contributed by atoms with E-state index in [2.05, 4.69) is 75.3 Å². The highest BCUT2D eigenvalue weighted by Crippen LogP contribution is 2.26. The standard InChI is InChI=1S/C14H21NO.C12H19NO2.C12H23NO.C11H21NO.C11H19NO/c1-11(2)14(16)15(12(3)4)10-13-8-6-5-7-9-13;1-9(2)12(14)13(10(3)4)8-11-6-5-7-15-11;1-9(2)11-7-5-6-8-13(11)12(14)10(3)4;1-8(2)10-6-5-7-12(10)11(13)9(3)4;1-6-7-8-12(10(4)5)11(13)9(2)3/h5-9,11-12H,10H2,1-4H3;5-7,9-10H,8H2,1-4H3;9-11H,5-8H2,1-4H3;8-10H,5-7H2,1-4H3;9-10H,8H2,1-5H3. The fourth-order valence-electron chi connectivity index (χ4n) is 8.40. The molecule has 0 radical (unpaired) electrons. The normalized spacial score (nSPS) is 15.4. The van der Waals surface area contributed by atoms with Gasteiger partial charge in [-0.1, -0.05) is 133 Å². The first-order chi connectivity index (χ1) is 33.1. The van der Waals surface area contributed by atoms with Crippen molar-refractivity contribution in [1.29, 1.82) is 0 Å². The Hall–Kier alpha value is -4.59. The third kappa shape index (κ3) is 24.6. The number of hydrogen-bond acceptors (Lipinski definition) is 6. The fourth-order valence-corrected chi connectivity index (χ4v) is 8.40. The molecule has 0 spiro atoms. The summed E-state index contributed by atoms with van der Waals surface area (Å²) in [5, 5.41) is 0. The molecule has 2 saturated heterocycles. The van der Waals surface area contributed by atoms with Crippen LogP contribution in [-0.4, -0.2) is 104 Å². The van der Waals surface area contributed by atoms with E-state index in [0.29, 0.717) is 55.4 Å². The first kappa shape index (κ1) is 66.4. The van der Waals surface area contributed by atoms with Crippen molar-refractivity contribution in [3.05, 3.63) is 60.1 Å². The van der Waals surface area contributed by atoms with Gasteiger partial charge in [-0.3, -0.25) is 24.0 Å². The number of likely N-dealkylation sites (tertiary alicyclic amines) is 2. The third-order valence-corrected chi connectivity index (χ3v) is 12.7. The molecule has 3 heterocycles. The van der Waals surface area contributed by atoms with Gasteiger partial charge in [0, 0.05) is 79.4 Å². The molecule has 71 heavy (non-hydrogen) atoms. The van der Waals surface area contributed by atoms with Crippen molar-refractivity contribution in [1.82, 2.24) is 24.5 Å². The molecule has 0 bridgehead atoms. The lowest BCUT2D eigenvalue weighted by molar-refractivity contribution is -0.139. The molecule has 404 valence electrons. The molecule has 2 fully saturated rings. The summed E-state index contributed by atoms with van der Waals surface area (Å²) in [6.07, 6.45) is 7.66. The van der Waals surface area contributed by atoms with Gasteiger partial charge in [-0.25, -0.2) is 0 Å². The molecule has 2 aliphatic heterocycles. The largest absolute Gasteiger partial charge is 0.467 e. The molecule has 0 saturated carbocycles. The summed E-state index contributed by atoms with van der Waals surface area (Å²) in [5.74, 6) is 9.43. The monoisotopic (exact) mass is 990 g/mol. The topological polar surface area (TPSA) is 115 Å². The van der Waals surface area contributed by atoms with Crippen LogP contribution in [0.4, 0.5) is 0 Å². The summed E-state index contributed by atoms with van der Waals surface area (Å²) in [6, 6.07) is 15.5. The molecule has 2 aromatic rings. The first-order valence-corrected chi connectivity index (χ1v) is 27.1. The van der Waals surface area contributed by atoms with E-state index in [1.807, 2.05) is 137 Å². The average Bonchev–Trinajstić information content (AvgIpc) is 4.03. The highest BCUT2D eigenvalue weighted by molar-refractivity contribution is 5.80. The molecule has 5 amide bonds. The van der Waals surface area contributed by atoms with Crippen molar-refractivity contribution in [2.75, 3.05) is 19.6 Å². The van der Waals surface area contributed by atoms with E-state index in [1.54, 1.807) is 18.1 Å². The van der Waals surface area contributed by atoms with E-state index in [4.69, 9.17) is 4.42 Å². The lowest BCUT2D eigenvalue weighted by atomic mass is 9.92. The summed E-state index contributed by atoms with van der Waals surface area (Å²) < 4.78 is 5.25. The van der Waals surface area contributed by atoms with Crippen LogP contribution in [0.25, 0.3) is 0 Å². The Morgan fingerprint density at radius 1 is 0.521 bits per heavy atom. The van der Waals surface area contributed by atoms with Crippen LogP contribution in [0.1, 0.15) is 189 Å². The van der Waals surface area contributed by atoms with Gasteiger partial charge in [-0.15, -0.1) is 5.92 Å². The van der Waals surface area contributed by atoms with Crippen LogP contribution in [0, 0.1) is 53.3 Å². The second kappa shape index (κ2) is 34.7. The number of hydrogen-bond donors (Lipinski definition) is 0. The third-order valence-electron chi connectivity index (χ3n) is 12.7. The van der Waals surface area contributed by atoms with Crippen molar-refractivity contribution in [3.8, 4) is 11.8 Å². The molecule has 1 aromatic heterocycles. The van der Waals surface area contributed by atoms with Crippen LogP contribution < -0.4 is 0 Å². The van der Waals surface area contributed by atoms with E-state index in [-0.39, 0.29) is 65.4 Å². The minimum Gasteiger partial charge on any atom is -0.467 e. The maximum atomic E-state index is 12.0. The van der Waals surface area contributed by atoms with Gasteiger partial charge >= 0.3 is 0 Å². The lowest BCUT2D eigenvalue weighted by Crippen LogP contribution is -2.47. The van der Waals surface area contributed by atoms with E-state index in [0.717, 1.165) is 18.8 Å². The van der Waals surface area contributed by atoms with Gasteiger partial charge in [0.25, 0.3) is 0 Å². The molecule has 11 heteroatoms. The fraction of sp³-hybridized carbons (Fsp3) is 0.717. The Labute approximate surface area is 434 Å². The zero-order valence-corrected chi connectivity index (χ0v) is 48.8. The van der Waals surface area contributed by atoms with Gasteiger partial charge in [0.15, 0.2) is 0 Å². The van der Waals surface area contributed by atoms with E-state index < -0.39 is 0 Å². The summed E-state index contributed by atoms with van der Waals surface area (Å²) in [5.41, 5.74) is 1.19. The van der Waals surface area contributed by atoms with Crippen LogP contribution in [0.5, 0.6) is 0 Å². The summed E-state index contributed by atoms with van der Waals surface area (Å²) in [4.78, 5) is 69.0. The Balaban J connectivity index is 0.000000865. The zero-order chi connectivity index (χ0) is 54.7. The Morgan fingerprint density at radius 3 is 1.30 bits per heavy atom. The summed E-state index contributed by atoms with van der Waals surface area (Å²) in [6.45, 7) is 46.1. The molecule has 0 aliphatic carbocycles.